The van der Waals surface area contributed by atoms with Gasteiger partial charge in [-0.2, -0.15) is 0 Å². The Morgan fingerprint density at radius 1 is 1.15 bits per heavy atom. The molecule has 1 atom stereocenters. The fraction of sp³-hybridized carbons (Fsp3) is 0.250. The van der Waals surface area contributed by atoms with Crippen molar-refractivity contribution < 1.29 is 9.53 Å². The molecular weight excluding hydrogens is 382 g/mol. The van der Waals surface area contributed by atoms with E-state index in [0.29, 0.717) is 17.1 Å². The van der Waals surface area contributed by atoms with Crippen LogP contribution in [0.3, 0.4) is 0 Å². The van der Waals surface area contributed by atoms with E-state index in [1.807, 2.05) is 42.7 Å². The first kappa shape index (κ1) is 19.5. The monoisotopic (exact) mass is 401 g/mol. The van der Waals surface area contributed by atoms with E-state index in [1.165, 1.54) is 11.8 Å². The molecule has 0 aliphatic heterocycles. The number of methoxy groups -OCH3 is 1. The molecule has 0 spiro atoms. The zero-order chi connectivity index (χ0) is 19.4. The Bertz CT molecular complexity index is 923. The maximum Gasteiger partial charge on any atom is 0.192 e. The van der Waals surface area contributed by atoms with Gasteiger partial charge >= 0.3 is 0 Å². The Balaban J connectivity index is 1.81. The van der Waals surface area contributed by atoms with Crippen molar-refractivity contribution >= 4 is 29.1 Å². The van der Waals surface area contributed by atoms with Crippen molar-refractivity contribution in [2.75, 3.05) is 7.11 Å². The van der Waals surface area contributed by atoms with E-state index in [0.717, 1.165) is 22.3 Å². The number of hydrogen-bond acceptors (Lipinski definition) is 5. The predicted octanol–water partition coefficient (Wildman–Crippen LogP) is 4.99. The molecule has 0 aliphatic rings. The highest BCUT2D eigenvalue weighted by atomic mass is 35.5. The lowest BCUT2D eigenvalue weighted by atomic mass is 10.1. The highest BCUT2D eigenvalue weighted by Crippen LogP contribution is 2.29. The van der Waals surface area contributed by atoms with E-state index in [9.17, 15) is 4.79 Å². The summed E-state index contributed by atoms with van der Waals surface area (Å²) in [7, 11) is 1.64. The van der Waals surface area contributed by atoms with Gasteiger partial charge in [-0.05, 0) is 62.4 Å². The second kappa shape index (κ2) is 8.59. The normalized spacial score (nSPS) is 12.0. The number of ether oxygens (including phenoxy) is 1. The lowest BCUT2D eigenvalue weighted by Crippen LogP contribution is -2.14. The molecule has 0 bridgehead atoms. The van der Waals surface area contributed by atoms with Crippen LogP contribution in [0.15, 0.2) is 53.7 Å². The third kappa shape index (κ3) is 4.34. The summed E-state index contributed by atoms with van der Waals surface area (Å²) in [5, 5.41) is 9.69. The summed E-state index contributed by atoms with van der Waals surface area (Å²) in [4.78, 5) is 12.7. The largest absolute Gasteiger partial charge is 0.497 e. The van der Waals surface area contributed by atoms with Crippen LogP contribution in [0.2, 0.25) is 5.02 Å². The second-order valence-electron chi connectivity index (χ2n) is 5.91. The smallest absolute Gasteiger partial charge is 0.192 e. The molecule has 0 aliphatic carbocycles. The van der Waals surface area contributed by atoms with Gasteiger partial charge < -0.3 is 9.30 Å². The fourth-order valence-corrected chi connectivity index (χ4v) is 3.79. The third-order valence-electron chi connectivity index (χ3n) is 4.16. The van der Waals surface area contributed by atoms with Crippen LogP contribution in [0.5, 0.6) is 5.75 Å². The van der Waals surface area contributed by atoms with Gasteiger partial charge in [0.15, 0.2) is 16.8 Å². The van der Waals surface area contributed by atoms with Crippen LogP contribution in [-0.4, -0.2) is 32.9 Å². The van der Waals surface area contributed by atoms with Gasteiger partial charge in [-0.15, -0.1) is 10.2 Å². The van der Waals surface area contributed by atoms with Crippen molar-refractivity contribution in [2.45, 2.75) is 30.8 Å². The summed E-state index contributed by atoms with van der Waals surface area (Å²) in [6.45, 7) is 4.62. The van der Waals surface area contributed by atoms with E-state index in [4.69, 9.17) is 16.3 Å². The summed E-state index contributed by atoms with van der Waals surface area (Å²) in [5.74, 6) is 1.60. The van der Waals surface area contributed by atoms with Gasteiger partial charge in [-0.1, -0.05) is 23.4 Å². The molecule has 0 radical (unpaired) electrons. The van der Waals surface area contributed by atoms with Gasteiger partial charge in [0.05, 0.1) is 12.4 Å². The van der Waals surface area contributed by atoms with Crippen LogP contribution >= 0.6 is 23.4 Å². The van der Waals surface area contributed by atoms with Crippen LogP contribution in [0.4, 0.5) is 0 Å². The van der Waals surface area contributed by atoms with E-state index >= 15 is 0 Å². The molecule has 0 unspecified atom stereocenters. The number of thioether (sulfide) groups is 1. The summed E-state index contributed by atoms with van der Waals surface area (Å²) in [5.41, 5.74) is 1.59. The first-order valence-corrected chi connectivity index (χ1v) is 9.83. The first-order chi connectivity index (χ1) is 13.0. The molecule has 7 heteroatoms. The quantitative estimate of drug-likeness (QED) is 0.412. The Labute approximate surface area is 167 Å². The highest BCUT2D eigenvalue weighted by molar-refractivity contribution is 8.00. The van der Waals surface area contributed by atoms with Crippen LogP contribution < -0.4 is 4.74 Å². The number of ketones is 1. The number of aromatic nitrogens is 3. The third-order valence-corrected chi connectivity index (χ3v) is 5.49. The summed E-state index contributed by atoms with van der Waals surface area (Å²) in [6, 6.07) is 14.6. The lowest BCUT2D eigenvalue weighted by Gasteiger charge is -2.12. The molecule has 0 N–H and O–H groups in total. The fourth-order valence-electron chi connectivity index (χ4n) is 2.68. The molecule has 1 aromatic heterocycles. The predicted molar refractivity (Wildman–Crippen MR) is 109 cm³/mol. The molecule has 2 aromatic carbocycles. The van der Waals surface area contributed by atoms with Crippen LogP contribution in [0.1, 0.15) is 24.2 Å². The first-order valence-electron chi connectivity index (χ1n) is 8.57. The SMILES string of the molecule is CCn1c(S[C@H](C)C(=O)c2ccc(Cl)cc2)nnc1-c1ccc(OC)cc1. The van der Waals surface area contributed by atoms with Crippen molar-refractivity contribution in [3.8, 4) is 17.1 Å². The summed E-state index contributed by atoms with van der Waals surface area (Å²) < 4.78 is 7.21. The zero-order valence-electron chi connectivity index (χ0n) is 15.3. The molecule has 3 aromatic rings. The highest BCUT2D eigenvalue weighted by Gasteiger charge is 2.21. The Morgan fingerprint density at radius 2 is 1.81 bits per heavy atom. The summed E-state index contributed by atoms with van der Waals surface area (Å²) in [6.07, 6.45) is 0. The van der Waals surface area contributed by atoms with Gasteiger partial charge in [0.25, 0.3) is 0 Å². The topological polar surface area (TPSA) is 57.0 Å². The number of Topliss-reactive ketones (excluding diaryl/α,β-unsaturated/α-hetero) is 1. The molecule has 0 saturated carbocycles. The number of benzene rings is 2. The maximum absolute atomic E-state index is 12.7. The second-order valence-corrected chi connectivity index (χ2v) is 7.65. The zero-order valence-corrected chi connectivity index (χ0v) is 16.9. The van der Waals surface area contributed by atoms with Gasteiger partial charge in [0.2, 0.25) is 0 Å². The molecule has 3 rings (SSSR count). The van der Waals surface area contributed by atoms with Gasteiger partial charge in [-0.25, -0.2) is 0 Å². The van der Waals surface area contributed by atoms with E-state index in [-0.39, 0.29) is 11.0 Å². The number of nitrogens with zero attached hydrogens (tertiary/aromatic N) is 3. The molecule has 27 heavy (non-hydrogen) atoms. The maximum atomic E-state index is 12.7. The molecule has 140 valence electrons. The van der Waals surface area contributed by atoms with Gasteiger partial charge in [-0.3, -0.25) is 4.79 Å². The minimum atomic E-state index is -0.288. The molecular formula is C20H20ClN3O2S. The molecule has 0 saturated heterocycles. The molecule has 0 fully saturated rings. The van der Waals surface area contributed by atoms with Crippen LogP contribution in [-0.2, 0) is 6.54 Å². The van der Waals surface area contributed by atoms with Crippen molar-refractivity contribution in [1.82, 2.24) is 14.8 Å². The van der Waals surface area contributed by atoms with Gasteiger partial charge in [0.1, 0.15) is 5.75 Å². The van der Waals surface area contributed by atoms with Crippen LogP contribution in [0.25, 0.3) is 11.4 Å². The number of hydrogen-bond donors (Lipinski definition) is 0. The Hall–Kier alpha value is -2.31. The number of halogens is 1. The Kier molecular flexibility index (Phi) is 6.19. The number of carbonyl (C=O) groups is 1. The summed E-state index contributed by atoms with van der Waals surface area (Å²) >= 11 is 7.31. The van der Waals surface area contributed by atoms with Crippen molar-refractivity contribution in [3.05, 3.63) is 59.1 Å². The molecule has 5 nitrogen and oxygen atoms in total. The van der Waals surface area contributed by atoms with E-state index in [2.05, 4.69) is 10.2 Å². The van der Waals surface area contributed by atoms with Crippen LogP contribution in [0, 0.1) is 0 Å². The average molecular weight is 402 g/mol. The van der Waals surface area contributed by atoms with Crippen molar-refractivity contribution in [3.63, 3.8) is 0 Å². The van der Waals surface area contributed by atoms with E-state index in [1.54, 1.807) is 31.4 Å². The number of carbonyl (C=O) groups excluding carboxylic acids is 1. The molecule has 0 amide bonds. The minimum absolute atomic E-state index is 0.0355. The lowest BCUT2D eigenvalue weighted by molar-refractivity contribution is 0.0994. The Morgan fingerprint density at radius 3 is 2.41 bits per heavy atom. The van der Waals surface area contributed by atoms with E-state index < -0.39 is 0 Å². The number of rotatable bonds is 7. The molecule has 1 heterocycles. The van der Waals surface area contributed by atoms with Crippen molar-refractivity contribution in [2.24, 2.45) is 0 Å². The standard InChI is InChI=1S/C20H20ClN3O2S/c1-4-24-19(15-7-11-17(26-3)12-8-15)22-23-20(24)27-13(2)18(25)14-5-9-16(21)10-6-14/h5-13H,4H2,1-3H3/t13-/m1/s1. The average Bonchev–Trinajstić information content (AvgIpc) is 3.10. The van der Waals surface area contributed by atoms with Crippen molar-refractivity contribution in [1.29, 1.82) is 0 Å². The minimum Gasteiger partial charge on any atom is -0.497 e. The van der Waals surface area contributed by atoms with Gasteiger partial charge in [0, 0.05) is 22.7 Å².